The first kappa shape index (κ1) is 21.9. The van der Waals surface area contributed by atoms with Gasteiger partial charge in [0.15, 0.2) is 11.2 Å². The van der Waals surface area contributed by atoms with Crippen molar-refractivity contribution in [2.45, 2.75) is 26.3 Å². The number of nitrogens with one attached hydrogen (secondary N) is 1. The van der Waals surface area contributed by atoms with Crippen LogP contribution in [0.3, 0.4) is 0 Å². The summed E-state index contributed by atoms with van der Waals surface area (Å²) in [6.45, 7) is 7.17. The first-order valence-corrected chi connectivity index (χ1v) is 11.3. The molecule has 3 heterocycles. The average molecular weight is 465 g/mol. The van der Waals surface area contributed by atoms with Gasteiger partial charge in [0.05, 0.1) is 16.6 Å². The van der Waals surface area contributed by atoms with Crippen molar-refractivity contribution < 1.29 is 0 Å². The van der Waals surface area contributed by atoms with Crippen LogP contribution in [0.1, 0.15) is 25.3 Å². The largest absolute Gasteiger partial charge is 0.340 e. The zero-order valence-corrected chi connectivity index (χ0v) is 19.2. The molecule has 10 heteroatoms. The first-order chi connectivity index (χ1) is 14.9. The molecule has 0 saturated carbocycles. The maximum atomic E-state index is 12.7. The fourth-order valence-electron chi connectivity index (χ4n) is 3.99. The number of aromatic nitrogens is 4. The molecule has 0 spiro atoms. The van der Waals surface area contributed by atoms with Crippen molar-refractivity contribution in [2.24, 2.45) is 7.05 Å². The lowest BCUT2D eigenvalue weighted by molar-refractivity contribution is 0.252. The van der Waals surface area contributed by atoms with Crippen molar-refractivity contribution in [2.75, 3.05) is 37.6 Å². The lowest BCUT2D eigenvalue weighted by Crippen LogP contribution is -2.47. The number of fused-ring (bicyclic) bond motifs is 1. The third kappa shape index (κ3) is 4.37. The molecule has 1 aliphatic heterocycles. The van der Waals surface area contributed by atoms with E-state index >= 15 is 0 Å². The van der Waals surface area contributed by atoms with E-state index in [2.05, 4.69) is 21.7 Å². The van der Waals surface area contributed by atoms with E-state index < -0.39 is 11.2 Å². The standard InChI is InChI=1S/C21H26Cl2N6O2/c1-3-4-7-27-8-10-28(11-9-27)20-24-18-17(19(30)25-21(31)26(18)2)29(20)13-14-5-6-15(22)16(23)12-14/h5-6,12H,3-4,7-11,13H2,1-2H3,(H,25,30,31). The Kier molecular flexibility index (Phi) is 6.41. The molecule has 1 aromatic carbocycles. The molecule has 0 bridgehead atoms. The Morgan fingerprint density at radius 3 is 2.52 bits per heavy atom. The number of benzene rings is 1. The molecule has 166 valence electrons. The van der Waals surface area contributed by atoms with Crippen LogP contribution in [-0.2, 0) is 13.6 Å². The number of hydrogen-bond acceptors (Lipinski definition) is 5. The number of piperazine rings is 1. The van der Waals surface area contributed by atoms with Crippen molar-refractivity contribution >= 4 is 40.3 Å². The number of H-pyrrole nitrogens is 1. The summed E-state index contributed by atoms with van der Waals surface area (Å²) in [5.74, 6) is 0.683. The van der Waals surface area contributed by atoms with E-state index in [1.165, 1.54) is 17.4 Å². The molecule has 0 aliphatic carbocycles. The summed E-state index contributed by atoms with van der Waals surface area (Å²) in [4.78, 5) is 36.7. The normalized spacial score (nSPS) is 15.2. The number of unbranched alkanes of at least 4 members (excludes halogenated alkanes) is 1. The van der Waals surface area contributed by atoms with Gasteiger partial charge < -0.3 is 4.90 Å². The van der Waals surface area contributed by atoms with E-state index in [4.69, 9.17) is 28.2 Å². The van der Waals surface area contributed by atoms with Gasteiger partial charge in [0.2, 0.25) is 5.95 Å². The maximum absolute atomic E-state index is 12.7. The highest BCUT2D eigenvalue weighted by molar-refractivity contribution is 6.42. The van der Waals surface area contributed by atoms with E-state index in [0.717, 1.165) is 38.3 Å². The van der Waals surface area contributed by atoms with Crippen LogP contribution in [0.15, 0.2) is 27.8 Å². The monoisotopic (exact) mass is 464 g/mol. The summed E-state index contributed by atoms with van der Waals surface area (Å²) in [6, 6.07) is 5.41. The maximum Gasteiger partial charge on any atom is 0.329 e. The number of aryl methyl sites for hydroxylation is 1. The fraction of sp³-hybridized carbons (Fsp3) is 0.476. The molecule has 2 aromatic heterocycles. The molecule has 0 radical (unpaired) electrons. The smallest absolute Gasteiger partial charge is 0.329 e. The van der Waals surface area contributed by atoms with Crippen molar-refractivity contribution in [1.82, 2.24) is 24.0 Å². The van der Waals surface area contributed by atoms with Crippen LogP contribution in [0.25, 0.3) is 11.2 Å². The molecule has 0 amide bonds. The van der Waals surface area contributed by atoms with Crippen LogP contribution in [0.2, 0.25) is 10.0 Å². The van der Waals surface area contributed by atoms with E-state index in [9.17, 15) is 9.59 Å². The van der Waals surface area contributed by atoms with E-state index in [-0.39, 0.29) is 0 Å². The zero-order chi connectivity index (χ0) is 22.1. The SMILES string of the molecule is CCCCN1CCN(c2nc3c(c(=O)[nH]c(=O)n3C)n2Cc2ccc(Cl)c(Cl)c2)CC1. The Balaban J connectivity index is 1.75. The van der Waals surface area contributed by atoms with Gasteiger partial charge in [-0.25, -0.2) is 4.79 Å². The van der Waals surface area contributed by atoms with Crippen molar-refractivity contribution in [3.05, 3.63) is 54.6 Å². The lowest BCUT2D eigenvalue weighted by atomic mass is 10.2. The third-order valence-corrected chi connectivity index (χ3v) is 6.53. The molecule has 0 atom stereocenters. The minimum atomic E-state index is -0.479. The van der Waals surface area contributed by atoms with Crippen LogP contribution >= 0.6 is 23.2 Å². The fourth-order valence-corrected chi connectivity index (χ4v) is 4.31. The summed E-state index contributed by atoms with van der Waals surface area (Å²) in [5, 5.41) is 0.931. The Bertz CT molecular complexity index is 1210. The Hall–Kier alpha value is -2.29. The topological polar surface area (TPSA) is 79.2 Å². The van der Waals surface area contributed by atoms with Gasteiger partial charge in [-0.2, -0.15) is 4.98 Å². The molecule has 3 aromatic rings. The number of hydrogen-bond donors (Lipinski definition) is 1. The van der Waals surface area contributed by atoms with E-state index in [1.807, 2.05) is 10.6 Å². The van der Waals surface area contributed by atoms with Crippen LogP contribution in [-0.4, -0.2) is 56.7 Å². The lowest BCUT2D eigenvalue weighted by Gasteiger charge is -2.35. The van der Waals surface area contributed by atoms with Gasteiger partial charge >= 0.3 is 5.69 Å². The molecule has 1 saturated heterocycles. The summed E-state index contributed by atoms with van der Waals surface area (Å²) in [7, 11) is 1.61. The highest BCUT2D eigenvalue weighted by atomic mass is 35.5. The van der Waals surface area contributed by atoms with Gasteiger partial charge in [-0.15, -0.1) is 0 Å². The Morgan fingerprint density at radius 1 is 1.10 bits per heavy atom. The number of aromatic amines is 1. The Morgan fingerprint density at radius 2 is 1.84 bits per heavy atom. The molecular formula is C21H26Cl2N6O2. The van der Waals surface area contributed by atoms with Gasteiger partial charge in [0.1, 0.15) is 0 Å². The minimum Gasteiger partial charge on any atom is -0.340 e. The van der Waals surface area contributed by atoms with Crippen LogP contribution in [0.4, 0.5) is 5.95 Å². The quantitative estimate of drug-likeness (QED) is 0.606. The van der Waals surface area contributed by atoms with Crippen molar-refractivity contribution in [3.8, 4) is 0 Å². The zero-order valence-electron chi connectivity index (χ0n) is 17.7. The second-order valence-electron chi connectivity index (χ2n) is 7.92. The third-order valence-electron chi connectivity index (χ3n) is 5.79. The van der Waals surface area contributed by atoms with E-state index in [0.29, 0.717) is 33.7 Å². The van der Waals surface area contributed by atoms with Crippen LogP contribution in [0.5, 0.6) is 0 Å². The highest BCUT2D eigenvalue weighted by Gasteiger charge is 2.25. The predicted octanol–water partition coefficient (Wildman–Crippen LogP) is 2.70. The molecular weight excluding hydrogens is 439 g/mol. The number of anilines is 1. The first-order valence-electron chi connectivity index (χ1n) is 10.5. The number of imidazole rings is 1. The second-order valence-corrected chi connectivity index (χ2v) is 8.73. The number of rotatable bonds is 6. The van der Waals surface area contributed by atoms with Gasteiger partial charge in [-0.1, -0.05) is 42.6 Å². The Labute approximate surface area is 190 Å². The predicted molar refractivity (Wildman–Crippen MR) is 125 cm³/mol. The minimum absolute atomic E-state index is 0.372. The molecule has 1 fully saturated rings. The summed E-state index contributed by atoms with van der Waals surface area (Å²) < 4.78 is 3.25. The van der Waals surface area contributed by atoms with Gasteiger partial charge in [0.25, 0.3) is 5.56 Å². The highest BCUT2D eigenvalue weighted by Crippen LogP contribution is 2.26. The summed E-state index contributed by atoms with van der Waals surface area (Å²) >= 11 is 12.3. The molecule has 1 N–H and O–H groups in total. The molecule has 0 unspecified atom stereocenters. The molecule has 8 nitrogen and oxygen atoms in total. The number of nitrogens with zero attached hydrogens (tertiary/aromatic N) is 5. The second kappa shape index (κ2) is 9.06. The summed E-state index contributed by atoms with van der Waals surface area (Å²) in [5.41, 5.74) is 0.713. The van der Waals surface area contributed by atoms with Gasteiger partial charge in [0, 0.05) is 33.2 Å². The van der Waals surface area contributed by atoms with Crippen LogP contribution < -0.4 is 16.1 Å². The van der Waals surface area contributed by atoms with Crippen molar-refractivity contribution in [3.63, 3.8) is 0 Å². The van der Waals surface area contributed by atoms with Gasteiger partial charge in [-0.05, 0) is 30.7 Å². The number of halogens is 2. The molecule has 31 heavy (non-hydrogen) atoms. The molecule has 4 rings (SSSR count). The van der Waals surface area contributed by atoms with Crippen LogP contribution in [0, 0.1) is 0 Å². The van der Waals surface area contributed by atoms with Crippen molar-refractivity contribution in [1.29, 1.82) is 0 Å². The summed E-state index contributed by atoms with van der Waals surface area (Å²) in [6.07, 6.45) is 2.36. The van der Waals surface area contributed by atoms with E-state index in [1.54, 1.807) is 19.2 Å². The van der Waals surface area contributed by atoms with Gasteiger partial charge in [-0.3, -0.25) is 23.8 Å². The average Bonchev–Trinajstić information content (AvgIpc) is 3.13. The molecule has 1 aliphatic rings.